The molecule has 0 fully saturated rings. The Bertz CT molecular complexity index is 534. The van der Waals surface area contributed by atoms with Gasteiger partial charge in [-0.1, -0.05) is 6.07 Å². The van der Waals surface area contributed by atoms with E-state index in [0.29, 0.717) is 6.42 Å². The van der Waals surface area contributed by atoms with E-state index in [4.69, 9.17) is 0 Å². The highest BCUT2D eigenvalue weighted by molar-refractivity contribution is 6.08. The molecular weight excluding hydrogens is 176 g/mol. The Morgan fingerprint density at radius 2 is 2.21 bits per heavy atom. The molecule has 0 saturated heterocycles. The molecule has 1 aliphatic rings. The van der Waals surface area contributed by atoms with Gasteiger partial charge in [-0.15, -0.1) is 0 Å². The number of benzene rings is 1. The first-order valence-electron chi connectivity index (χ1n) is 4.51. The summed E-state index contributed by atoms with van der Waals surface area (Å²) in [7, 11) is 0. The summed E-state index contributed by atoms with van der Waals surface area (Å²) in [6.07, 6.45) is 2.24. The van der Waals surface area contributed by atoms with E-state index < -0.39 is 0 Å². The topological polar surface area (TPSA) is 42.0 Å². The van der Waals surface area contributed by atoms with Crippen LogP contribution in [0.5, 0.6) is 0 Å². The van der Waals surface area contributed by atoms with Gasteiger partial charge >= 0.3 is 0 Å². The zero-order chi connectivity index (χ0) is 9.54. The second kappa shape index (κ2) is 2.54. The van der Waals surface area contributed by atoms with E-state index in [0.717, 1.165) is 22.2 Å². The summed E-state index contributed by atoms with van der Waals surface area (Å²) >= 11 is 0. The fourth-order valence-electron chi connectivity index (χ4n) is 1.85. The van der Waals surface area contributed by atoms with Gasteiger partial charge in [0.05, 0.1) is 17.6 Å². The number of amides is 1. The van der Waals surface area contributed by atoms with Gasteiger partial charge in [-0.25, -0.2) is 0 Å². The first-order valence-corrected chi connectivity index (χ1v) is 4.51. The third-order valence-electron chi connectivity index (χ3n) is 2.49. The molecule has 0 radical (unpaired) electrons. The van der Waals surface area contributed by atoms with Crippen molar-refractivity contribution in [3.63, 3.8) is 0 Å². The van der Waals surface area contributed by atoms with Crippen molar-refractivity contribution < 1.29 is 4.79 Å². The van der Waals surface area contributed by atoms with Gasteiger partial charge in [-0.05, 0) is 23.8 Å². The van der Waals surface area contributed by atoms with Crippen molar-refractivity contribution in [2.45, 2.75) is 6.42 Å². The number of nitrogens with one attached hydrogen (secondary N) is 1. The molecule has 2 heterocycles. The van der Waals surface area contributed by atoms with Crippen molar-refractivity contribution in [1.29, 1.82) is 0 Å². The lowest BCUT2D eigenvalue weighted by molar-refractivity contribution is -0.115. The Morgan fingerprint density at radius 1 is 1.29 bits per heavy atom. The molecule has 0 bridgehead atoms. The van der Waals surface area contributed by atoms with Crippen LogP contribution in [0.1, 0.15) is 5.56 Å². The minimum absolute atomic E-state index is 0.0661. The number of carbonyl (C=O) groups is 1. The van der Waals surface area contributed by atoms with Crippen LogP contribution < -0.4 is 5.32 Å². The predicted molar refractivity (Wildman–Crippen MR) is 54.1 cm³/mol. The van der Waals surface area contributed by atoms with E-state index in [-0.39, 0.29) is 5.91 Å². The molecule has 68 valence electrons. The van der Waals surface area contributed by atoms with E-state index in [1.807, 2.05) is 24.3 Å². The second-order valence-corrected chi connectivity index (χ2v) is 3.39. The Balaban J connectivity index is 2.39. The fraction of sp³-hybridized carbons (Fsp3) is 0.0909. The van der Waals surface area contributed by atoms with Crippen LogP contribution in [0.4, 0.5) is 5.69 Å². The molecule has 1 aromatic carbocycles. The van der Waals surface area contributed by atoms with Crippen LogP contribution in [0, 0.1) is 0 Å². The van der Waals surface area contributed by atoms with E-state index in [2.05, 4.69) is 10.3 Å². The summed E-state index contributed by atoms with van der Waals surface area (Å²) in [5, 5.41) is 3.89. The molecule has 1 N–H and O–H groups in total. The highest BCUT2D eigenvalue weighted by Gasteiger charge is 2.19. The van der Waals surface area contributed by atoms with Crippen LogP contribution in [-0.4, -0.2) is 10.9 Å². The van der Waals surface area contributed by atoms with Gasteiger partial charge in [-0.2, -0.15) is 0 Å². The Labute approximate surface area is 80.8 Å². The van der Waals surface area contributed by atoms with Crippen LogP contribution in [0.2, 0.25) is 0 Å². The van der Waals surface area contributed by atoms with Gasteiger partial charge in [0.15, 0.2) is 0 Å². The van der Waals surface area contributed by atoms with Gasteiger partial charge < -0.3 is 5.32 Å². The van der Waals surface area contributed by atoms with Crippen molar-refractivity contribution in [2.24, 2.45) is 0 Å². The summed E-state index contributed by atoms with van der Waals surface area (Å²) in [6, 6.07) is 7.77. The molecule has 2 aromatic rings. The van der Waals surface area contributed by atoms with Gasteiger partial charge in [0, 0.05) is 11.6 Å². The van der Waals surface area contributed by atoms with E-state index in [1.54, 1.807) is 6.20 Å². The number of pyridine rings is 1. The maximum atomic E-state index is 11.2. The molecule has 3 rings (SSSR count). The Hall–Kier alpha value is -1.90. The number of anilines is 1. The molecule has 0 spiro atoms. The van der Waals surface area contributed by atoms with E-state index in [9.17, 15) is 4.79 Å². The highest BCUT2D eigenvalue weighted by atomic mass is 16.1. The normalized spacial score (nSPS) is 14.1. The molecule has 3 nitrogen and oxygen atoms in total. The molecule has 14 heavy (non-hydrogen) atoms. The molecule has 0 unspecified atom stereocenters. The summed E-state index contributed by atoms with van der Waals surface area (Å²) in [5.74, 6) is 0.0661. The molecule has 1 aromatic heterocycles. The first kappa shape index (κ1) is 7.50. The summed E-state index contributed by atoms with van der Waals surface area (Å²) in [5.41, 5.74) is 2.92. The van der Waals surface area contributed by atoms with Gasteiger partial charge in [0.25, 0.3) is 0 Å². The number of rotatable bonds is 0. The Morgan fingerprint density at radius 3 is 3.14 bits per heavy atom. The number of fused-ring (bicyclic) bond motifs is 3. The molecule has 1 aliphatic heterocycles. The largest absolute Gasteiger partial charge is 0.325 e. The average molecular weight is 184 g/mol. The Kier molecular flexibility index (Phi) is 1.36. The van der Waals surface area contributed by atoms with Crippen LogP contribution in [0.3, 0.4) is 0 Å². The standard InChI is InChI=1S/C11H8N2O/c14-10-6-7-3-4-9-8(11(7)13-10)2-1-5-12-9/h1-5H,6H2,(H,13,14). The van der Waals surface area contributed by atoms with Crippen molar-refractivity contribution >= 4 is 22.5 Å². The zero-order valence-electron chi connectivity index (χ0n) is 7.45. The molecular formula is C11H8N2O. The lowest BCUT2D eigenvalue weighted by Crippen LogP contribution is -2.03. The smallest absolute Gasteiger partial charge is 0.228 e. The van der Waals surface area contributed by atoms with Gasteiger partial charge in [0.1, 0.15) is 0 Å². The lowest BCUT2D eigenvalue weighted by Gasteiger charge is -2.02. The van der Waals surface area contributed by atoms with E-state index in [1.165, 1.54) is 0 Å². The average Bonchev–Trinajstić information content (AvgIpc) is 2.59. The number of carbonyl (C=O) groups excluding carboxylic acids is 1. The lowest BCUT2D eigenvalue weighted by atomic mass is 10.1. The van der Waals surface area contributed by atoms with Crippen LogP contribution in [0.25, 0.3) is 10.9 Å². The third-order valence-corrected chi connectivity index (χ3v) is 2.49. The quantitative estimate of drug-likeness (QED) is 0.677. The van der Waals surface area contributed by atoms with Crippen molar-refractivity contribution in [2.75, 3.05) is 5.32 Å². The first-order chi connectivity index (χ1) is 6.84. The predicted octanol–water partition coefficient (Wildman–Crippen LogP) is 1.73. The monoisotopic (exact) mass is 184 g/mol. The SMILES string of the molecule is O=C1Cc2ccc3ncccc3c2N1. The maximum absolute atomic E-state index is 11.2. The van der Waals surface area contributed by atoms with Gasteiger partial charge in [-0.3, -0.25) is 9.78 Å². The number of hydrogen-bond acceptors (Lipinski definition) is 2. The van der Waals surface area contributed by atoms with Crippen LogP contribution in [0.15, 0.2) is 30.5 Å². The molecule has 1 amide bonds. The van der Waals surface area contributed by atoms with Crippen LogP contribution >= 0.6 is 0 Å². The molecule has 0 saturated carbocycles. The van der Waals surface area contributed by atoms with Crippen molar-refractivity contribution in [1.82, 2.24) is 4.98 Å². The zero-order valence-corrected chi connectivity index (χ0v) is 7.45. The molecule has 0 aliphatic carbocycles. The van der Waals surface area contributed by atoms with Gasteiger partial charge in [0.2, 0.25) is 5.91 Å². The summed E-state index contributed by atoms with van der Waals surface area (Å²) < 4.78 is 0. The van der Waals surface area contributed by atoms with Crippen molar-refractivity contribution in [3.05, 3.63) is 36.0 Å². The van der Waals surface area contributed by atoms with Crippen LogP contribution in [-0.2, 0) is 11.2 Å². The third kappa shape index (κ3) is 0.923. The molecule has 0 atom stereocenters. The minimum atomic E-state index is 0.0661. The fourth-order valence-corrected chi connectivity index (χ4v) is 1.85. The number of aromatic nitrogens is 1. The summed E-state index contributed by atoms with van der Waals surface area (Å²) in [6.45, 7) is 0. The summed E-state index contributed by atoms with van der Waals surface area (Å²) in [4.78, 5) is 15.4. The number of hydrogen-bond donors (Lipinski definition) is 1. The van der Waals surface area contributed by atoms with Crippen molar-refractivity contribution in [3.8, 4) is 0 Å². The molecule has 3 heteroatoms. The highest BCUT2D eigenvalue weighted by Crippen LogP contribution is 2.30. The van der Waals surface area contributed by atoms with E-state index >= 15 is 0 Å². The maximum Gasteiger partial charge on any atom is 0.228 e. The minimum Gasteiger partial charge on any atom is -0.325 e. The number of nitrogens with zero attached hydrogens (tertiary/aromatic N) is 1. The second-order valence-electron chi connectivity index (χ2n) is 3.39.